The topological polar surface area (TPSA) is 0 Å². The van der Waals surface area contributed by atoms with E-state index < -0.39 is 0 Å². The van der Waals surface area contributed by atoms with Gasteiger partial charge in [0.25, 0.3) is 0 Å². The summed E-state index contributed by atoms with van der Waals surface area (Å²) in [5, 5.41) is 0. The predicted molar refractivity (Wildman–Crippen MR) is 101 cm³/mol. The van der Waals surface area contributed by atoms with E-state index in [-0.39, 0.29) is 0 Å². The molecule has 3 rings (SSSR count). The summed E-state index contributed by atoms with van der Waals surface area (Å²) in [6.07, 6.45) is 16.9. The molecule has 0 aromatic rings. The highest BCUT2D eigenvalue weighted by Crippen LogP contribution is 2.53. The molecule has 0 amide bonds. The van der Waals surface area contributed by atoms with Crippen molar-refractivity contribution in [3.05, 3.63) is 0 Å². The molecule has 0 saturated heterocycles. The summed E-state index contributed by atoms with van der Waals surface area (Å²) in [5.74, 6) is 8.36. The maximum atomic E-state index is 2.56. The summed E-state index contributed by atoms with van der Waals surface area (Å²) < 4.78 is 0. The highest BCUT2D eigenvalue weighted by atomic mass is 14.5. The second-order valence-electron chi connectivity index (χ2n) is 9.96. The lowest BCUT2D eigenvalue weighted by Gasteiger charge is -2.50. The van der Waals surface area contributed by atoms with Crippen molar-refractivity contribution in [1.29, 1.82) is 0 Å². The van der Waals surface area contributed by atoms with E-state index in [1.54, 1.807) is 38.5 Å². The van der Waals surface area contributed by atoms with Crippen molar-refractivity contribution in [2.45, 2.75) is 98.3 Å². The van der Waals surface area contributed by atoms with Crippen LogP contribution >= 0.6 is 0 Å². The van der Waals surface area contributed by atoms with E-state index in [9.17, 15) is 0 Å². The minimum Gasteiger partial charge on any atom is -0.0651 e. The lowest BCUT2D eigenvalue weighted by atomic mass is 9.55. The molecule has 0 heterocycles. The zero-order chi connectivity index (χ0) is 16.4. The summed E-state index contributed by atoms with van der Waals surface area (Å²) in [7, 11) is 0. The fourth-order valence-electron chi connectivity index (χ4n) is 7.04. The predicted octanol–water partition coefficient (Wildman–Crippen LogP) is 7.33. The molecule has 0 radical (unpaired) electrons. The average Bonchev–Trinajstić information content (AvgIpc) is 2.56. The Bertz CT molecular complexity index is 357. The van der Waals surface area contributed by atoms with Crippen LogP contribution in [0.1, 0.15) is 98.3 Å². The van der Waals surface area contributed by atoms with Gasteiger partial charge in [0.2, 0.25) is 0 Å². The molecule has 7 atom stereocenters. The molecule has 3 saturated carbocycles. The average molecular weight is 319 g/mol. The molecule has 3 aliphatic rings. The van der Waals surface area contributed by atoms with E-state index in [4.69, 9.17) is 0 Å². The van der Waals surface area contributed by atoms with Gasteiger partial charge in [0.15, 0.2) is 0 Å². The van der Waals surface area contributed by atoms with Crippen molar-refractivity contribution >= 4 is 0 Å². The Balaban J connectivity index is 1.64. The van der Waals surface area contributed by atoms with E-state index >= 15 is 0 Å². The molecule has 0 N–H and O–H groups in total. The van der Waals surface area contributed by atoms with Crippen LogP contribution in [0.3, 0.4) is 0 Å². The first-order valence-corrected chi connectivity index (χ1v) is 11.1. The van der Waals surface area contributed by atoms with Crippen molar-refractivity contribution in [2.24, 2.45) is 47.3 Å². The molecule has 3 fully saturated rings. The van der Waals surface area contributed by atoms with E-state index in [0.717, 1.165) is 47.3 Å². The van der Waals surface area contributed by atoms with Crippen LogP contribution in [-0.2, 0) is 0 Å². The zero-order valence-electron chi connectivity index (χ0n) is 16.4. The van der Waals surface area contributed by atoms with Gasteiger partial charge in [-0.25, -0.2) is 0 Å². The fraction of sp³-hybridized carbons (Fsp3) is 1.00. The van der Waals surface area contributed by atoms with E-state index in [1.807, 2.05) is 0 Å². The molecule has 0 aliphatic heterocycles. The third kappa shape index (κ3) is 3.98. The smallest absolute Gasteiger partial charge is 0.0355 e. The van der Waals surface area contributed by atoms with Crippen LogP contribution in [0.5, 0.6) is 0 Å². The second kappa shape index (κ2) is 7.92. The summed E-state index contributed by atoms with van der Waals surface area (Å²) in [5.41, 5.74) is 0. The molecule has 0 spiro atoms. The monoisotopic (exact) mass is 318 g/mol. The molecule has 0 aromatic heterocycles. The van der Waals surface area contributed by atoms with Crippen molar-refractivity contribution < 1.29 is 0 Å². The van der Waals surface area contributed by atoms with Gasteiger partial charge >= 0.3 is 0 Å². The maximum absolute atomic E-state index is 2.56. The summed E-state index contributed by atoms with van der Waals surface area (Å²) in [6, 6.07) is 0. The lowest BCUT2D eigenvalue weighted by Crippen LogP contribution is -2.41. The van der Waals surface area contributed by atoms with Crippen LogP contribution in [0, 0.1) is 47.3 Å². The van der Waals surface area contributed by atoms with Crippen LogP contribution in [-0.4, -0.2) is 0 Å². The summed E-state index contributed by atoms with van der Waals surface area (Å²) in [4.78, 5) is 0. The van der Waals surface area contributed by atoms with Crippen molar-refractivity contribution in [1.82, 2.24) is 0 Å². The number of hydrogen-bond donors (Lipinski definition) is 0. The lowest BCUT2D eigenvalue weighted by molar-refractivity contribution is 0.00173. The summed E-state index contributed by atoms with van der Waals surface area (Å²) >= 11 is 0. The first-order valence-electron chi connectivity index (χ1n) is 11.1. The van der Waals surface area contributed by atoms with Crippen LogP contribution in [0.25, 0.3) is 0 Å². The second-order valence-corrected chi connectivity index (χ2v) is 9.96. The maximum Gasteiger partial charge on any atom is -0.0355 e. The molecule has 23 heavy (non-hydrogen) atoms. The Morgan fingerprint density at radius 2 is 1.52 bits per heavy atom. The van der Waals surface area contributed by atoms with E-state index in [2.05, 4.69) is 27.7 Å². The Labute approximate surface area is 146 Å². The number of rotatable bonds is 4. The van der Waals surface area contributed by atoms with Crippen molar-refractivity contribution in [3.8, 4) is 0 Å². The molecular formula is C23H42. The highest BCUT2D eigenvalue weighted by molar-refractivity contribution is 4.93. The quantitative estimate of drug-likeness (QED) is 0.509. The molecule has 0 nitrogen and oxygen atoms in total. The minimum absolute atomic E-state index is 0.890. The SMILES string of the molecule is CCC1CCCCC1C1CCC2C(CCC(C)C2CC(C)C)C1. The van der Waals surface area contributed by atoms with Gasteiger partial charge in [-0.05, 0) is 85.9 Å². The van der Waals surface area contributed by atoms with Gasteiger partial charge in [0.1, 0.15) is 0 Å². The Kier molecular flexibility index (Phi) is 6.13. The standard InChI is InChI=1S/C23H42/c1-5-18-8-6-7-9-21(18)19-12-13-22-20(15-19)11-10-17(4)23(22)14-16(2)3/h16-23H,5-15H2,1-4H3. The van der Waals surface area contributed by atoms with Gasteiger partial charge < -0.3 is 0 Å². The third-order valence-electron chi connectivity index (χ3n) is 8.20. The first kappa shape index (κ1) is 17.8. The van der Waals surface area contributed by atoms with Crippen LogP contribution in [0.15, 0.2) is 0 Å². The fourth-order valence-corrected chi connectivity index (χ4v) is 7.04. The molecule has 134 valence electrons. The zero-order valence-corrected chi connectivity index (χ0v) is 16.4. The van der Waals surface area contributed by atoms with Gasteiger partial charge in [0.05, 0.1) is 0 Å². The molecule has 3 aliphatic carbocycles. The molecule has 7 unspecified atom stereocenters. The normalized spacial score (nSPS) is 45.0. The van der Waals surface area contributed by atoms with E-state index in [1.165, 1.54) is 32.1 Å². The van der Waals surface area contributed by atoms with Gasteiger partial charge in [-0.3, -0.25) is 0 Å². The largest absolute Gasteiger partial charge is 0.0651 e. The van der Waals surface area contributed by atoms with Gasteiger partial charge in [-0.2, -0.15) is 0 Å². The van der Waals surface area contributed by atoms with Gasteiger partial charge in [-0.1, -0.05) is 59.8 Å². The Hall–Kier alpha value is 0. The molecule has 0 aromatic carbocycles. The summed E-state index contributed by atoms with van der Waals surface area (Å²) in [6.45, 7) is 9.89. The van der Waals surface area contributed by atoms with Crippen LogP contribution in [0.2, 0.25) is 0 Å². The van der Waals surface area contributed by atoms with Gasteiger partial charge in [-0.15, -0.1) is 0 Å². The van der Waals surface area contributed by atoms with Crippen molar-refractivity contribution in [2.75, 3.05) is 0 Å². The van der Waals surface area contributed by atoms with E-state index in [0.29, 0.717) is 0 Å². The Morgan fingerprint density at radius 3 is 2.26 bits per heavy atom. The first-order chi connectivity index (χ1) is 11.1. The van der Waals surface area contributed by atoms with Crippen LogP contribution in [0.4, 0.5) is 0 Å². The minimum atomic E-state index is 0.890. The van der Waals surface area contributed by atoms with Crippen LogP contribution < -0.4 is 0 Å². The molecular weight excluding hydrogens is 276 g/mol. The van der Waals surface area contributed by atoms with Gasteiger partial charge in [0, 0.05) is 0 Å². The number of fused-ring (bicyclic) bond motifs is 1. The third-order valence-corrected chi connectivity index (χ3v) is 8.20. The highest BCUT2D eigenvalue weighted by Gasteiger charge is 2.43. The Morgan fingerprint density at radius 1 is 0.826 bits per heavy atom. The van der Waals surface area contributed by atoms with Crippen molar-refractivity contribution in [3.63, 3.8) is 0 Å². The number of hydrogen-bond acceptors (Lipinski definition) is 0. The molecule has 0 bridgehead atoms. The molecule has 0 heteroatoms.